The molecule has 0 aliphatic carbocycles. The highest BCUT2D eigenvalue weighted by Gasteiger charge is 2.10. The smallest absolute Gasteiger partial charge is 0.255 e. The largest absolute Gasteiger partial charge is 0.380 e. The topological polar surface area (TPSA) is 97.0 Å². The van der Waals surface area contributed by atoms with Gasteiger partial charge in [0.1, 0.15) is 11.0 Å². The molecule has 0 bridgehead atoms. The Morgan fingerprint density at radius 3 is 2.85 bits per heavy atom. The third kappa shape index (κ3) is 3.07. The Morgan fingerprint density at radius 1 is 1.15 bits per heavy atom. The zero-order valence-electron chi connectivity index (χ0n) is 13.8. The summed E-state index contributed by atoms with van der Waals surface area (Å²) in [6.45, 7) is 0.341. The molecular weight excluding hydrogens is 352 g/mol. The van der Waals surface area contributed by atoms with Crippen LogP contribution in [0.2, 0.25) is 0 Å². The lowest BCUT2D eigenvalue weighted by molar-refractivity contribution is 0.102. The van der Waals surface area contributed by atoms with Gasteiger partial charge in [-0.05, 0) is 35.9 Å². The molecule has 7 nitrogen and oxygen atoms in total. The molecule has 0 fully saturated rings. The van der Waals surface area contributed by atoms with Gasteiger partial charge in [0.15, 0.2) is 0 Å². The van der Waals surface area contributed by atoms with Crippen molar-refractivity contribution in [1.82, 2.24) is 13.7 Å². The minimum atomic E-state index is -0.255. The van der Waals surface area contributed by atoms with E-state index < -0.39 is 0 Å². The number of aromatic nitrogens is 3. The van der Waals surface area contributed by atoms with Crippen molar-refractivity contribution < 1.29 is 9.53 Å². The Labute approximate surface area is 152 Å². The second kappa shape index (κ2) is 6.66. The van der Waals surface area contributed by atoms with Gasteiger partial charge < -0.3 is 15.0 Å². The number of hydrogen-bond donors (Lipinski definition) is 2. The van der Waals surface area contributed by atoms with E-state index in [-0.39, 0.29) is 11.5 Å². The molecule has 2 heterocycles. The number of fused-ring (bicyclic) bond motifs is 2. The van der Waals surface area contributed by atoms with Crippen molar-refractivity contribution in [2.24, 2.45) is 0 Å². The fourth-order valence-corrected chi connectivity index (χ4v) is 3.33. The van der Waals surface area contributed by atoms with Gasteiger partial charge in [-0.25, -0.2) is 0 Å². The maximum Gasteiger partial charge on any atom is 0.255 e. The number of carbonyl (C=O) groups excluding carboxylic acids is 1. The Morgan fingerprint density at radius 2 is 2.00 bits per heavy atom. The highest BCUT2D eigenvalue weighted by atomic mass is 32.1. The Bertz CT molecular complexity index is 1180. The third-order valence-corrected chi connectivity index (χ3v) is 4.56. The second-order valence-corrected chi connectivity index (χ2v) is 6.30. The van der Waals surface area contributed by atoms with Crippen molar-refractivity contribution >= 4 is 45.3 Å². The van der Waals surface area contributed by atoms with E-state index in [2.05, 4.69) is 19.0 Å². The summed E-state index contributed by atoms with van der Waals surface area (Å²) in [5.74, 6) is -0.255. The maximum atomic E-state index is 12.5. The molecule has 0 unspecified atom stereocenters. The van der Waals surface area contributed by atoms with Crippen molar-refractivity contribution in [2.75, 3.05) is 12.4 Å². The number of nitrogens with zero attached hydrogens (tertiary/aromatic N) is 2. The van der Waals surface area contributed by atoms with Gasteiger partial charge in [0.25, 0.3) is 5.91 Å². The van der Waals surface area contributed by atoms with E-state index in [0.717, 1.165) is 28.2 Å². The molecule has 0 aliphatic heterocycles. The average Bonchev–Trinajstić information content (AvgIpc) is 3.09. The predicted octanol–water partition coefficient (Wildman–Crippen LogP) is 2.93. The van der Waals surface area contributed by atoms with Crippen molar-refractivity contribution in [1.29, 1.82) is 0 Å². The number of anilines is 1. The summed E-state index contributed by atoms with van der Waals surface area (Å²) >= 11 is 1.11. The zero-order valence-corrected chi connectivity index (χ0v) is 14.6. The number of nitrogens with one attached hydrogen (secondary N) is 2. The summed E-state index contributed by atoms with van der Waals surface area (Å²) in [5, 5.41) is 3.72. The van der Waals surface area contributed by atoms with Crippen LogP contribution in [0.1, 0.15) is 15.9 Å². The summed E-state index contributed by atoms with van der Waals surface area (Å²) in [5.41, 5.74) is 3.76. The van der Waals surface area contributed by atoms with E-state index in [1.807, 2.05) is 6.07 Å². The number of ether oxygens (including phenoxy) is 1. The molecule has 0 aliphatic rings. The lowest BCUT2D eigenvalue weighted by Gasteiger charge is -2.09. The number of pyridine rings is 1. The molecule has 0 radical (unpaired) electrons. The number of benzene rings is 2. The standard InChI is InChI=1S/C18H14N4O3S/c1-25-9-11-7-17(23)20-15-8-12(3-4-13(11)15)19-18(24)10-2-5-14-16(6-10)22-26-21-14/h2-8H,9H2,1H3,(H,19,24)(H,20,23). The summed E-state index contributed by atoms with van der Waals surface area (Å²) in [4.78, 5) is 27.1. The summed E-state index contributed by atoms with van der Waals surface area (Å²) in [7, 11) is 1.58. The second-order valence-electron chi connectivity index (χ2n) is 5.77. The number of carbonyl (C=O) groups is 1. The molecule has 0 spiro atoms. The van der Waals surface area contributed by atoms with E-state index in [0.29, 0.717) is 28.9 Å². The Hall–Kier alpha value is -3.10. The number of rotatable bonds is 4. The third-order valence-electron chi connectivity index (χ3n) is 4.00. The van der Waals surface area contributed by atoms with Crippen molar-refractivity contribution in [3.05, 3.63) is 63.9 Å². The number of H-pyrrole nitrogens is 1. The number of hydrogen-bond acceptors (Lipinski definition) is 6. The summed E-state index contributed by atoms with van der Waals surface area (Å²) < 4.78 is 13.4. The Kier molecular flexibility index (Phi) is 4.19. The molecule has 0 atom stereocenters. The molecule has 0 saturated heterocycles. The molecule has 130 valence electrons. The predicted molar refractivity (Wildman–Crippen MR) is 101 cm³/mol. The SMILES string of the molecule is COCc1cc(=O)[nH]c2cc(NC(=O)c3ccc4nsnc4c3)ccc12. The van der Waals surface area contributed by atoms with Crippen LogP contribution in [-0.4, -0.2) is 26.7 Å². The van der Waals surface area contributed by atoms with Gasteiger partial charge >= 0.3 is 0 Å². The molecule has 2 aromatic heterocycles. The van der Waals surface area contributed by atoms with E-state index in [1.54, 1.807) is 37.4 Å². The number of aromatic amines is 1. The van der Waals surface area contributed by atoms with Gasteiger partial charge in [-0.1, -0.05) is 6.07 Å². The number of amides is 1. The molecule has 4 rings (SSSR count). The fraction of sp³-hybridized carbons (Fsp3) is 0.111. The molecule has 8 heteroatoms. The first-order valence-electron chi connectivity index (χ1n) is 7.82. The van der Waals surface area contributed by atoms with E-state index >= 15 is 0 Å². The van der Waals surface area contributed by atoms with E-state index in [9.17, 15) is 9.59 Å². The first-order chi connectivity index (χ1) is 12.6. The van der Waals surface area contributed by atoms with Gasteiger partial charge in [-0.2, -0.15) is 8.75 Å². The summed E-state index contributed by atoms with van der Waals surface area (Å²) in [6.07, 6.45) is 0. The molecule has 2 N–H and O–H groups in total. The highest BCUT2D eigenvalue weighted by Crippen LogP contribution is 2.21. The maximum absolute atomic E-state index is 12.5. The van der Waals surface area contributed by atoms with Crippen LogP contribution in [0.25, 0.3) is 21.9 Å². The minimum absolute atomic E-state index is 0.213. The Balaban J connectivity index is 1.66. The zero-order chi connectivity index (χ0) is 18.1. The van der Waals surface area contributed by atoms with Gasteiger partial charge in [0.2, 0.25) is 5.56 Å². The van der Waals surface area contributed by atoms with Crippen molar-refractivity contribution in [2.45, 2.75) is 6.61 Å². The van der Waals surface area contributed by atoms with Gasteiger partial charge in [-0.3, -0.25) is 9.59 Å². The van der Waals surface area contributed by atoms with E-state index in [1.165, 1.54) is 6.07 Å². The monoisotopic (exact) mass is 366 g/mol. The molecule has 2 aromatic carbocycles. The average molecular weight is 366 g/mol. The first-order valence-corrected chi connectivity index (χ1v) is 8.55. The van der Waals surface area contributed by atoms with Crippen LogP contribution < -0.4 is 10.9 Å². The van der Waals surface area contributed by atoms with Crippen molar-refractivity contribution in [3.8, 4) is 0 Å². The molecule has 4 aromatic rings. The number of methoxy groups -OCH3 is 1. The van der Waals surface area contributed by atoms with Crippen LogP contribution >= 0.6 is 11.7 Å². The molecule has 26 heavy (non-hydrogen) atoms. The van der Waals surface area contributed by atoms with Crippen LogP contribution in [-0.2, 0) is 11.3 Å². The minimum Gasteiger partial charge on any atom is -0.380 e. The van der Waals surface area contributed by atoms with Crippen LogP contribution in [0.5, 0.6) is 0 Å². The molecule has 1 amide bonds. The van der Waals surface area contributed by atoms with Gasteiger partial charge in [-0.15, -0.1) is 0 Å². The van der Waals surface area contributed by atoms with Crippen LogP contribution in [0, 0.1) is 0 Å². The van der Waals surface area contributed by atoms with Crippen molar-refractivity contribution in [3.63, 3.8) is 0 Å². The summed E-state index contributed by atoms with van der Waals surface area (Å²) in [6, 6.07) is 12.1. The quantitative estimate of drug-likeness (QED) is 0.579. The first kappa shape index (κ1) is 16.4. The van der Waals surface area contributed by atoms with Crippen LogP contribution in [0.4, 0.5) is 5.69 Å². The normalized spacial score (nSPS) is 11.1. The van der Waals surface area contributed by atoms with Gasteiger partial charge in [0.05, 0.1) is 23.9 Å². The lowest BCUT2D eigenvalue weighted by atomic mass is 10.1. The fourth-order valence-electron chi connectivity index (χ4n) is 2.81. The lowest BCUT2D eigenvalue weighted by Crippen LogP contribution is -2.12. The van der Waals surface area contributed by atoms with Crippen LogP contribution in [0.15, 0.2) is 47.3 Å². The highest BCUT2D eigenvalue weighted by molar-refractivity contribution is 7.00. The van der Waals surface area contributed by atoms with E-state index in [4.69, 9.17) is 4.74 Å². The van der Waals surface area contributed by atoms with Crippen LogP contribution in [0.3, 0.4) is 0 Å². The molecular formula is C18H14N4O3S. The molecule has 0 saturated carbocycles. The van der Waals surface area contributed by atoms with Gasteiger partial charge in [0, 0.05) is 29.8 Å².